The molecule has 0 amide bonds. The van der Waals surface area contributed by atoms with Crippen molar-refractivity contribution in [3.63, 3.8) is 0 Å². The maximum absolute atomic E-state index is 12.8. The van der Waals surface area contributed by atoms with Crippen LogP contribution in [0.1, 0.15) is 265 Å². The average Bonchev–Trinajstić information content (AvgIpc) is 3.37. The van der Waals surface area contributed by atoms with E-state index in [2.05, 4.69) is 130 Å². The van der Waals surface area contributed by atoms with Gasteiger partial charge < -0.3 is 14.2 Å². The molecular formula is C65H108O6. The number of rotatable bonds is 52. The molecule has 0 aliphatic carbocycles. The van der Waals surface area contributed by atoms with Crippen molar-refractivity contribution in [2.24, 2.45) is 0 Å². The lowest BCUT2D eigenvalue weighted by atomic mass is 10.1. The van der Waals surface area contributed by atoms with Crippen molar-refractivity contribution in [1.29, 1.82) is 0 Å². The lowest BCUT2D eigenvalue weighted by Crippen LogP contribution is -2.30. The highest BCUT2D eigenvalue weighted by atomic mass is 16.6. The summed E-state index contributed by atoms with van der Waals surface area (Å²) >= 11 is 0. The Kier molecular flexibility index (Phi) is 55.4. The fourth-order valence-electron chi connectivity index (χ4n) is 7.89. The Balaban J connectivity index is 4.36. The minimum absolute atomic E-state index is 0.0950. The van der Waals surface area contributed by atoms with Crippen LogP contribution in [0.25, 0.3) is 0 Å². The van der Waals surface area contributed by atoms with Crippen LogP contribution in [0.4, 0.5) is 0 Å². The van der Waals surface area contributed by atoms with Crippen molar-refractivity contribution >= 4 is 17.9 Å². The number of carbonyl (C=O) groups is 3. The van der Waals surface area contributed by atoms with Gasteiger partial charge in [0.25, 0.3) is 0 Å². The van der Waals surface area contributed by atoms with Crippen LogP contribution in [-0.2, 0) is 28.6 Å². The summed E-state index contributed by atoms with van der Waals surface area (Å²) in [5.41, 5.74) is 0. The molecule has 0 heterocycles. The standard InChI is InChI=1S/C65H108O6/c1-4-7-10-13-16-19-22-25-27-28-29-30-31-32-33-34-35-36-38-40-43-46-49-52-55-58-64(67)70-61-62(60-69-63(66)57-54-51-48-45-42-39-24-21-18-15-12-9-6-3)71-65(68)59-56-53-50-47-44-41-37-26-23-20-17-14-11-8-5-2/h7,9-10,12,16,18-19,21,25-27,29-30,32-33,37,39,42,62H,4-6,8,11,13-15,17,20,22-24,28,31,34-36,38,40-41,43-61H2,1-3H3/b10-7-,12-9-,19-16-,21-18-,27-25-,30-29-,33-32-,37-26-,42-39-. The molecule has 6 nitrogen and oxygen atoms in total. The SMILES string of the molecule is CC/C=C\C/C=C\C/C=C\C/C=C\C/C=C\CCCCCCCCCCCC(=O)OCC(COC(=O)CCCCC/C=C\C/C=C\C/C=C\CC)OC(=O)CCCCCCC/C=C\CCCCCCCC. The predicted molar refractivity (Wildman–Crippen MR) is 307 cm³/mol. The maximum Gasteiger partial charge on any atom is 0.306 e. The van der Waals surface area contributed by atoms with E-state index in [1.54, 1.807) is 0 Å². The van der Waals surface area contributed by atoms with Gasteiger partial charge in [-0.3, -0.25) is 14.4 Å². The number of hydrogen-bond acceptors (Lipinski definition) is 6. The Bertz CT molecular complexity index is 1460. The number of carbonyl (C=O) groups excluding carboxylic acids is 3. The molecule has 0 radical (unpaired) electrons. The molecule has 404 valence electrons. The topological polar surface area (TPSA) is 78.9 Å². The normalized spacial score (nSPS) is 12.9. The fraction of sp³-hybridized carbons (Fsp3) is 0.677. The Morgan fingerprint density at radius 2 is 0.549 bits per heavy atom. The molecule has 0 N–H and O–H groups in total. The van der Waals surface area contributed by atoms with E-state index in [0.29, 0.717) is 19.3 Å². The summed E-state index contributed by atoms with van der Waals surface area (Å²) in [7, 11) is 0. The van der Waals surface area contributed by atoms with Gasteiger partial charge in [-0.05, 0) is 122 Å². The first-order valence-corrected chi connectivity index (χ1v) is 29.4. The molecule has 0 fully saturated rings. The van der Waals surface area contributed by atoms with Crippen molar-refractivity contribution in [3.05, 3.63) is 109 Å². The first-order chi connectivity index (χ1) is 35.0. The van der Waals surface area contributed by atoms with Crippen molar-refractivity contribution < 1.29 is 28.6 Å². The highest BCUT2D eigenvalue weighted by molar-refractivity contribution is 5.71. The third-order valence-electron chi connectivity index (χ3n) is 12.2. The van der Waals surface area contributed by atoms with Crippen LogP contribution in [0, 0.1) is 0 Å². The van der Waals surface area contributed by atoms with Crippen LogP contribution < -0.4 is 0 Å². The molecule has 0 aromatic rings. The number of ether oxygens (including phenoxy) is 3. The van der Waals surface area contributed by atoms with Crippen molar-refractivity contribution in [1.82, 2.24) is 0 Å². The summed E-state index contributed by atoms with van der Waals surface area (Å²) in [5, 5.41) is 0. The van der Waals surface area contributed by atoms with Crippen LogP contribution in [0.15, 0.2) is 109 Å². The number of unbranched alkanes of at least 4 members (excludes halogenated alkanes) is 23. The molecule has 0 saturated carbocycles. The zero-order valence-corrected chi connectivity index (χ0v) is 46.2. The van der Waals surface area contributed by atoms with Crippen LogP contribution in [0.5, 0.6) is 0 Å². The van der Waals surface area contributed by atoms with E-state index in [1.807, 2.05) is 0 Å². The van der Waals surface area contributed by atoms with Crippen LogP contribution >= 0.6 is 0 Å². The maximum atomic E-state index is 12.8. The molecule has 0 spiro atoms. The Morgan fingerprint density at radius 1 is 0.296 bits per heavy atom. The Morgan fingerprint density at radius 3 is 0.887 bits per heavy atom. The summed E-state index contributed by atoms with van der Waals surface area (Å²) in [6, 6.07) is 0. The van der Waals surface area contributed by atoms with Gasteiger partial charge in [0.2, 0.25) is 0 Å². The molecule has 1 atom stereocenters. The van der Waals surface area contributed by atoms with Gasteiger partial charge in [0.1, 0.15) is 13.2 Å². The van der Waals surface area contributed by atoms with Gasteiger partial charge in [-0.15, -0.1) is 0 Å². The molecule has 0 aliphatic heterocycles. The van der Waals surface area contributed by atoms with Gasteiger partial charge in [0.05, 0.1) is 0 Å². The number of allylic oxidation sites excluding steroid dienone is 18. The minimum atomic E-state index is -0.799. The van der Waals surface area contributed by atoms with Crippen molar-refractivity contribution in [3.8, 4) is 0 Å². The van der Waals surface area contributed by atoms with Gasteiger partial charge in [0, 0.05) is 19.3 Å². The lowest BCUT2D eigenvalue weighted by molar-refractivity contribution is -0.167. The highest BCUT2D eigenvalue weighted by Crippen LogP contribution is 2.15. The zero-order valence-electron chi connectivity index (χ0n) is 46.2. The molecule has 0 aliphatic rings. The molecular weight excluding hydrogens is 877 g/mol. The second-order valence-electron chi connectivity index (χ2n) is 19.1. The quantitative estimate of drug-likeness (QED) is 0.0261. The lowest BCUT2D eigenvalue weighted by Gasteiger charge is -2.18. The van der Waals surface area contributed by atoms with Gasteiger partial charge in [-0.2, -0.15) is 0 Å². The number of esters is 3. The third kappa shape index (κ3) is 56.9. The Hall–Kier alpha value is -3.93. The smallest absolute Gasteiger partial charge is 0.306 e. The van der Waals surface area contributed by atoms with Gasteiger partial charge in [-0.1, -0.05) is 233 Å². The summed E-state index contributed by atoms with van der Waals surface area (Å²) in [6.45, 7) is 6.37. The van der Waals surface area contributed by atoms with Gasteiger partial charge in [0.15, 0.2) is 6.10 Å². The number of hydrogen-bond donors (Lipinski definition) is 0. The molecule has 0 aromatic heterocycles. The summed E-state index contributed by atoms with van der Waals surface area (Å²) < 4.78 is 16.8. The predicted octanol–water partition coefficient (Wildman–Crippen LogP) is 19.9. The van der Waals surface area contributed by atoms with E-state index in [9.17, 15) is 14.4 Å². The van der Waals surface area contributed by atoms with E-state index in [0.717, 1.165) is 135 Å². The summed E-state index contributed by atoms with van der Waals surface area (Å²) in [6.07, 6.45) is 79.4. The molecule has 0 aromatic carbocycles. The van der Waals surface area contributed by atoms with E-state index in [-0.39, 0.29) is 31.1 Å². The molecule has 0 rings (SSSR count). The first-order valence-electron chi connectivity index (χ1n) is 29.4. The monoisotopic (exact) mass is 985 g/mol. The fourth-order valence-corrected chi connectivity index (χ4v) is 7.89. The highest BCUT2D eigenvalue weighted by Gasteiger charge is 2.19. The minimum Gasteiger partial charge on any atom is -0.462 e. The molecule has 6 heteroatoms. The summed E-state index contributed by atoms with van der Waals surface area (Å²) in [5.74, 6) is -0.938. The van der Waals surface area contributed by atoms with Gasteiger partial charge >= 0.3 is 17.9 Å². The van der Waals surface area contributed by atoms with Crippen LogP contribution in [-0.4, -0.2) is 37.2 Å². The second-order valence-corrected chi connectivity index (χ2v) is 19.1. The zero-order chi connectivity index (χ0) is 51.4. The Labute approximate surface area is 438 Å². The largest absolute Gasteiger partial charge is 0.462 e. The second kappa shape index (κ2) is 58.6. The van der Waals surface area contributed by atoms with Crippen LogP contribution in [0.3, 0.4) is 0 Å². The van der Waals surface area contributed by atoms with Crippen LogP contribution in [0.2, 0.25) is 0 Å². The van der Waals surface area contributed by atoms with E-state index in [1.165, 1.54) is 89.9 Å². The average molecular weight is 986 g/mol. The molecule has 0 saturated heterocycles. The van der Waals surface area contributed by atoms with Crippen molar-refractivity contribution in [2.75, 3.05) is 13.2 Å². The van der Waals surface area contributed by atoms with E-state index < -0.39 is 6.10 Å². The third-order valence-corrected chi connectivity index (χ3v) is 12.2. The molecule has 0 bridgehead atoms. The molecule has 1 unspecified atom stereocenters. The summed E-state index contributed by atoms with van der Waals surface area (Å²) in [4.78, 5) is 38.2. The molecule has 71 heavy (non-hydrogen) atoms. The van der Waals surface area contributed by atoms with Crippen molar-refractivity contribution in [2.45, 2.75) is 271 Å². The van der Waals surface area contributed by atoms with E-state index in [4.69, 9.17) is 14.2 Å². The van der Waals surface area contributed by atoms with Gasteiger partial charge in [-0.25, -0.2) is 0 Å². The first kappa shape index (κ1) is 67.1. The van der Waals surface area contributed by atoms with E-state index >= 15 is 0 Å².